The van der Waals surface area contributed by atoms with Crippen LogP contribution >= 0.6 is 11.6 Å². The number of hydrogen-bond donors (Lipinski definition) is 5. The minimum absolute atomic E-state index is 0.0666. The summed E-state index contributed by atoms with van der Waals surface area (Å²) in [6, 6.07) is 13.0. The summed E-state index contributed by atoms with van der Waals surface area (Å²) >= 11 is 5.68. The molecule has 0 aliphatic rings. The summed E-state index contributed by atoms with van der Waals surface area (Å²) < 4.78 is 29.6. The lowest BCUT2D eigenvalue weighted by Crippen LogP contribution is -2.30. The molecule has 0 heterocycles. The summed E-state index contributed by atoms with van der Waals surface area (Å²) in [5.41, 5.74) is 5.65. The third-order valence-electron chi connectivity index (χ3n) is 2.69. The highest BCUT2D eigenvalue weighted by molar-refractivity contribution is 7.85. The molecule has 5 N–H and O–H groups in total. The van der Waals surface area contributed by atoms with Crippen LogP contribution in [0.15, 0.2) is 58.5 Å². The van der Waals surface area contributed by atoms with Gasteiger partial charge in [0, 0.05) is 5.02 Å². The predicted octanol–water partition coefficient (Wildman–Crippen LogP) is 2.42. The van der Waals surface area contributed by atoms with E-state index in [1.54, 1.807) is 41.9 Å². The van der Waals surface area contributed by atoms with Crippen molar-refractivity contribution in [2.45, 2.75) is 11.8 Å². The number of hydroxylamine groups is 1. The molecule has 2 rings (SSSR count). The first-order chi connectivity index (χ1) is 11.7. The summed E-state index contributed by atoms with van der Waals surface area (Å²) in [6.45, 7) is 1.84. The number of halogens is 1. The highest BCUT2D eigenvalue weighted by Gasteiger charge is 2.06. The van der Waals surface area contributed by atoms with Gasteiger partial charge in [0.1, 0.15) is 0 Å². The van der Waals surface area contributed by atoms with Crippen LogP contribution in [0.25, 0.3) is 0 Å². The van der Waals surface area contributed by atoms with E-state index in [4.69, 9.17) is 26.8 Å². The maximum atomic E-state index is 10.5. The Bertz CT molecular complexity index is 822. The second kappa shape index (κ2) is 9.74. The molecular formula is C15H17ClN4O4S. The molecule has 0 saturated carbocycles. The summed E-state index contributed by atoms with van der Waals surface area (Å²) in [5, 5.41) is 19.5. The molecule has 0 fully saturated rings. The van der Waals surface area contributed by atoms with Crippen molar-refractivity contribution in [3.8, 4) is 0 Å². The molecule has 10 heteroatoms. The number of nitrogens with one attached hydrogen (secondary N) is 3. The summed E-state index contributed by atoms with van der Waals surface area (Å²) in [7, 11) is -4.02. The molecule has 0 aliphatic carbocycles. The number of rotatable bonds is 3. The van der Waals surface area contributed by atoms with Crippen LogP contribution in [0, 0.1) is 12.3 Å². The zero-order valence-corrected chi connectivity index (χ0v) is 14.7. The van der Waals surface area contributed by atoms with Crippen molar-refractivity contribution in [2.24, 2.45) is 5.10 Å². The van der Waals surface area contributed by atoms with Crippen molar-refractivity contribution < 1.29 is 18.2 Å². The van der Waals surface area contributed by atoms with E-state index in [2.05, 4.69) is 10.5 Å². The largest absolute Gasteiger partial charge is 0.294 e. The molecule has 25 heavy (non-hydrogen) atoms. The Morgan fingerprint density at radius 2 is 1.72 bits per heavy atom. The van der Waals surface area contributed by atoms with Gasteiger partial charge in [-0.05, 0) is 36.8 Å². The van der Waals surface area contributed by atoms with E-state index >= 15 is 0 Å². The van der Waals surface area contributed by atoms with Gasteiger partial charge < -0.3 is 0 Å². The minimum Gasteiger partial charge on any atom is -0.288 e. The smallest absolute Gasteiger partial charge is 0.288 e. The van der Waals surface area contributed by atoms with E-state index < -0.39 is 10.1 Å². The molecule has 0 radical (unpaired) electrons. The zero-order chi connectivity index (χ0) is 18.9. The molecule has 0 amide bonds. The Labute approximate surface area is 150 Å². The molecule has 0 aliphatic heterocycles. The van der Waals surface area contributed by atoms with Crippen molar-refractivity contribution >= 4 is 33.9 Å². The average molecular weight is 385 g/mol. The van der Waals surface area contributed by atoms with Gasteiger partial charge in [-0.2, -0.15) is 13.5 Å². The van der Waals surface area contributed by atoms with Crippen molar-refractivity contribution in [1.82, 2.24) is 10.9 Å². The van der Waals surface area contributed by atoms with E-state index in [-0.39, 0.29) is 10.9 Å². The maximum absolute atomic E-state index is 10.5. The molecule has 2 aromatic rings. The van der Waals surface area contributed by atoms with Gasteiger partial charge in [0.2, 0.25) is 5.96 Å². The Balaban J connectivity index is 0.000000257. The number of guanidine groups is 1. The fraction of sp³-hybridized carbons (Fsp3) is 0.0667. The molecule has 8 nitrogen and oxygen atoms in total. The maximum Gasteiger partial charge on any atom is 0.294 e. The van der Waals surface area contributed by atoms with Gasteiger partial charge in [0.05, 0.1) is 11.1 Å². The molecule has 0 spiro atoms. The molecule has 134 valence electrons. The van der Waals surface area contributed by atoms with E-state index in [1.807, 2.05) is 6.92 Å². The summed E-state index contributed by atoms with van der Waals surface area (Å²) in [5.74, 6) is -0.296. The van der Waals surface area contributed by atoms with Crippen LogP contribution in [0.2, 0.25) is 5.02 Å². The lowest BCUT2D eigenvalue weighted by Gasteiger charge is -1.98. The van der Waals surface area contributed by atoms with Gasteiger partial charge in [-0.1, -0.05) is 41.4 Å². The molecule has 0 unspecified atom stereocenters. The Hall–Kier alpha value is -2.46. The van der Waals surface area contributed by atoms with Crippen LogP contribution in [0.4, 0.5) is 0 Å². The van der Waals surface area contributed by atoms with Crippen molar-refractivity contribution in [3.63, 3.8) is 0 Å². The zero-order valence-electron chi connectivity index (χ0n) is 13.1. The van der Waals surface area contributed by atoms with E-state index in [0.717, 1.165) is 11.1 Å². The molecule has 0 bridgehead atoms. The molecule has 0 saturated heterocycles. The lowest BCUT2D eigenvalue weighted by molar-refractivity contribution is 0.228. The number of aryl methyl sites for hydroxylation is 1. The molecule has 0 atom stereocenters. The second-order valence-corrected chi connectivity index (χ2v) is 6.55. The first kappa shape index (κ1) is 20.6. The van der Waals surface area contributed by atoms with Crippen LogP contribution < -0.4 is 10.9 Å². The lowest BCUT2D eigenvalue weighted by atomic mass is 10.2. The van der Waals surface area contributed by atoms with Gasteiger partial charge in [-0.15, -0.1) is 0 Å². The van der Waals surface area contributed by atoms with E-state index in [9.17, 15) is 8.42 Å². The number of nitrogens with zero attached hydrogens (tertiary/aromatic N) is 1. The van der Waals surface area contributed by atoms with Gasteiger partial charge in [0.25, 0.3) is 10.1 Å². The fourth-order valence-electron chi connectivity index (χ4n) is 1.46. The van der Waals surface area contributed by atoms with Gasteiger partial charge in [0.15, 0.2) is 0 Å². The van der Waals surface area contributed by atoms with Gasteiger partial charge in [-0.25, -0.2) is 10.9 Å². The fourth-order valence-corrected chi connectivity index (χ4v) is 2.06. The minimum atomic E-state index is -4.02. The monoisotopic (exact) mass is 384 g/mol. The summed E-state index contributed by atoms with van der Waals surface area (Å²) in [6.07, 6.45) is 1.50. The normalized spacial score (nSPS) is 10.7. The first-order valence-electron chi connectivity index (χ1n) is 6.80. The van der Waals surface area contributed by atoms with Crippen LogP contribution in [0.1, 0.15) is 11.1 Å². The molecule has 2 aromatic carbocycles. The van der Waals surface area contributed by atoms with E-state index in [0.29, 0.717) is 5.02 Å². The summed E-state index contributed by atoms with van der Waals surface area (Å²) in [4.78, 5) is -0.0666. The van der Waals surface area contributed by atoms with Crippen LogP contribution in [0.3, 0.4) is 0 Å². The SMILES string of the molecule is Cc1ccc(S(=O)(=O)O)cc1.N=C(NO)NN=Cc1ccc(Cl)cc1. The number of hydrazone groups is 1. The van der Waals surface area contributed by atoms with Crippen molar-refractivity contribution in [3.05, 3.63) is 64.7 Å². The quantitative estimate of drug-likeness (QED) is 0.239. The molecular weight excluding hydrogens is 368 g/mol. The van der Waals surface area contributed by atoms with Crippen LogP contribution in [0.5, 0.6) is 0 Å². The highest BCUT2D eigenvalue weighted by Crippen LogP contribution is 2.08. The van der Waals surface area contributed by atoms with Crippen LogP contribution in [-0.2, 0) is 10.1 Å². The van der Waals surface area contributed by atoms with E-state index in [1.165, 1.54) is 18.3 Å². The van der Waals surface area contributed by atoms with Gasteiger partial charge in [-0.3, -0.25) is 15.2 Å². The van der Waals surface area contributed by atoms with Crippen molar-refractivity contribution in [2.75, 3.05) is 0 Å². The van der Waals surface area contributed by atoms with Crippen molar-refractivity contribution in [1.29, 1.82) is 5.41 Å². The van der Waals surface area contributed by atoms with Crippen LogP contribution in [-0.4, -0.2) is 30.4 Å². The molecule has 0 aromatic heterocycles. The number of benzene rings is 2. The standard InChI is InChI=1S/C8H9ClN4O.C7H8O3S/c9-7-3-1-6(2-4-7)5-11-12-8(10)13-14;1-6-2-4-7(5-3-6)11(8,9)10/h1-5,14H,(H3,10,12,13);2-5H,1H3,(H,8,9,10). The Morgan fingerprint density at radius 3 is 2.20 bits per heavy atom. The third-order valence-corrected chi connectivity index (χ3v) is 3.81. The van der Waals surface area contributed by atoms with Gasteiger partial charge >= 0.3 is 0 Å². The predicted molar refractivity (Wildman–Crippen MR) is 95.8 cm³/mol. The number of hydrogen-bond acceptors (Lipinski definition) is 5. The Kier molecular flexibility index (Phi) is 8.02. The first-order valence-corrected chi connectivity index (χ1v) is 8.61. The third kappa shape index (κ3) is 8.27. The topological polar surface area (TPSA) is 135 Å². The second-order valence-electron chi connectivity index (χ2n) is 4.70. The Morgan fingerprint density at radius 1 is 1.16 bits per heavy atom. The highest BCUT2D eigenvalue weighted by atomic mass is 35.5. The average Bonchev–Trinajstić information content (AvgIpc) is 2.56.